The molecular formula is C29H36N4O2. The highest BCUT2D eigenvalue weighted by Gasteiger charge is 2.39. The first-order chi connectivity index (χ1) is 17.0. The number of carbonyl (C=O) groups is 1. The molecule has 0 atom stereocenters. The number of para-hydroxylation sites is 3. The van der Waals surface area contributed by atoms with E-state index in [4.69, 9.17) is 4.74 Å². The summed E-state index contributed by atoms with van der Waals surface area (Å²) in [5.74, 6) is 1.54. The second kappa shape index (κ2) is 10.3. The van der Waals surface area contributed by atoms with Gasteiger partial charge in [0.05, 0.1) is 23.8 Å². The molecule has 3 aromatic rings. The van der Waals surface area contributed by atoms with E-state index in [-0.39, 0.29) is 5.91 Å². The summed E-state index contributed by atoms with van der Waals surface area (Å²) in [6.45, 7) is 9.86. The molecule has 2 aromatic carbocycles. The van der Waals surface area contributed by atoms with Gasteiger partial charge in [-0.15, -0.1) is 0 Å². The molecule has 2 saturated heterocycles. The van der Waals surface area contributed by atoms with Gasteiger partial charge >= 0.3 is 0 Å². The number of amides is 1. The molecule has 0 N–H and O–H groups in total. The lowest BCUT2D eigenvalue weighted by molar-refractivity contribution is 0.0280. The average molecular weight is 473 g/mol. The zero-order chi connectivity index (χ0) is 24.3. The molecule has 2 aliphatic heterocycles. The van der Waals surface area contributed by atoms with Crippen LogP contribution in [0.25, 0.3) is 11.0 Å². The summed E-state index contributed by atoms with van der Waals surface area (Å²) in [6, 6.07) is 16.2. The lowest BCUT2D eigenvalue weighted by atomic mass is 9.71. The van der Waals surface area contributed by atoms with Crippen molar-refractivity contribution in [1.82, 2.24) is 19.8 Å². The highest BCUT2D eigenvalue weighted by molar-refractivity contribution is 5.93. The van der Waals surface area contributed by atoms with Gasteiger partial charge in [0, 0.05) is 25.2 Å². The molecule has 2 fully saturated rings. The van der Waals surface area contributed by atoms with E-state index in [2.05, 4.69) is 53.0 Å². The fourth-order valence-corrected chi connectivity index (χ4v) is 5.36. The van der Waals surface area contributed by atoms with Crippen molar-refractivity contribution >= 4 is 16.9 Å². The number of fused-ring (bicyclic) bond motifs is 1. The van der Waals surface area contributed by atoms with Gasteiger partial charge in [0.2, 0.25) is 0 Å². The smallest absolute Gasteiger partial charge is 0.274 e. The normalized spacial score (nSPS) is 18.3. The summed E-state index contributed by atoms with van der Waals surface area (Å²) in [5.41, 5.74) is 3.68. The number of nitrogens with zero attached hydrogens (tertiary/aromatic N) is 4. The van der Waals surface area contributed by atoms with Crippen molar-refractivity contribution in [3.8, 4) is 5.75 Å². The maximum Gasteiger partial charge on any atom is 0.274 e. The molecule has 184 valence electrons. The Labute approximate surface area is 208 Å². The van der Waals surface area contributed by atoms with Gasteiger partial charge in [0.1, 0.15) is 11.4 Å². The van der Waals surface area contributed by atoms with Crippen LogP contribution in [-0.2, 0) is 6.54 Å². The fourth-order valence-electron chi connectivity index (χ4n) is 5.36. The SMILES string of the molecule is CC(C)COc1ccccc1CN1CCC2(CC1)CCN(C(=O)c1cnc3ccccc3n1)CC2. The van der Waals surface area contributed by atoms with Gasteiger partial charge in [-0.25, -0.2) is 4.98 Å². The van der Waals surface area contributed by atoms with Crippen LogP contribution in [-0.4, -0.2) is 58.5 Å². The summed E-state index contributed by atoms with van der Waals surface area (Å²) in [7, 11) is 0. The molecule has 0 saturated carbocycles. The Morgan fingerprint density at radius 2 is 1.60 bits per heavy atom. The van der Waals surface area contributed by atoms with Crippen LogP contribution in [0.15, 0.2) is 54.7 Å². The number of piperidine rings is 2. The second-order valence-corrected chi connectivity index (χ2v) is 10.6. The van der Waals surface area contributed by atoms with Gasteiger partial charge in [-0.3, -0.25) is 14.7 Å². The average Bonchev–Trinajstić information content (AvgIpc) is 2.89. The number of likely N-dealkylation sites (tertiary alicyclic amines) is 2. The van der Waals surface area contributed by atoms with Crippen LogP contribution in [0.5, 0.6) is 5.75 Å². The molecule has 6 nitrogen and oxygen atoms in total. The number of aromatic nitrogens is 2. The van der Waals surface area contributed by atoms with Crippen LogP contribution >= 0.6 is 0 Å². The minimum absolute atomic E-state index is 0.00791. The number of carbonyl (C=O) groups excluding carboxylic acids is 1. The van der Waals surface area contributed by atoms with Crippen LogP contribution in [0.4, 0.5) is 0 Å². The van der Waals surface area contributed by atoms with E-state index >= 15 is 0 Å². The monoisotopic (exact) mass is 472 g/mol. The Hall–Kier alpha value is -2.99. The number of hydrogen-bond donors (Lipinski definition) is 0. The largest absolute Gasteiger partial charge is 0.493 e. The van der Waals surface area contributed by atoms with Gasteiger partial charge in [-0.2, -0.15) is 0 Å². The number of hydrogen-bond acceptors (Lipinski definition) is 5. The molecule has 35 heavy (non-hydrogen) atoms. The zero-order valence-electron chi connectivity index (χ0n) is 20.9. The van der Waals surface area contributed by atoms with E-state index in [1.807, 2.05) is 29.2 Å². The summed E-state index contributed by atoms with van der Waals surface area (Å²) in [4.78, 5) is 26.6. The molecule has 3 heterocycles. The molecule has 1 spiro atoms. The first-order valence-electron chi connectivity index (χ1n) is 13.0. The summed E-state index contributed by atoms with van der Waals surface area (Å²) < 4.78 is 6.07. The van der Waals surface area contributed by atoms with Crippen LogP contribution in [0, 0.1) is 11.3 Å². The Morgan fingerprint density at radius 3 is 2.34 bits per heavy atom. The topological polar surface area (TPSA) is 58.6 Å². The molecule has 0 aliphatic carbocycles. The van der Waals surface area contributed by atoms with E-state index < -0.39 is 0 Å². The lowest BCUT2D eigenvalue weighted by Crippen LogP contribution is -2.48. The zero-order valence-corrected chi connectivity index (χ0v) is 20.9. The van der Waals surface area contributed by atoms with Crippen molar-refractivity contribution < 1.29 is 9.53 Å². The Morgan fingerprint density at radius 1 is 0.943 bits per heavy atom. The Balaban J connectivity index is 1.15. The van der Waals surface area contributed by atoms with Gasteiger partial charge in [-0.05, 0) is 68.3 Å². The summed E-state index contributed by atoms with van der Waals surface area (Å²) in [6.07, 6.45) is 6.15. The van der Waals surface area contributed by atoms with E-state index in [9.17, 15) is 4.79 Å². The molecule has 1 aromatic heterocycles. The summed E-state index contributed by atoms with van der Waals surface area (Å²) >= 11 is 0. The second-order valence-electron chi connectivity index (χ2n) is 10.6. The summed E-state index contributed by atoms with van der Waals surface area (Å²) in [5, 5.41) is 0. The van der Waals surface area contributed by atoms with Crippen molar-refractivity contribution in [1.29, 1.82) is 0 Å². The quantitative estimate of drug-likeness (QED) is 0.495. The van der Waals surface area contributed by atoms with Crippen molar-refractivity contribution in [3.05, 3.63) is 66.0 Å². The van der Waals surface area contributed by atoms with Gasteiger partial charge in [-0.1, -0.05) is 44.2 Å². The highest BCUT2D eigenvalue weighted by atomic mass is 16.5. The van der Waals surface area contributed by atoms with Crippen LogP contribution in [0.2, 0.25) is 0 Å². The molecular weight excluding hydrogens is 436 g/mol. The first kappa shape index (κ1) is 23.7. The predicted octanol–water partition coefficient (Wildman–Crippen LogP) is 5.18. The molecule has 0 unspecified atom stereocenters. The number of benzene rings is 2. The third-order valence-corrected chi connectivity index (χ3v) is 7.63. The van der Waals surface area contributed by atoms with Gasteiger partial charge < -0.3 is 9.64 Å². The van der Waals surface area contributed by atoms with Crippen LogP contribution in [0.1, 0.15) is 55.6 Å². The standard InChI is InChI=1S/C29H36N4O2/c1-22(2)21-35-27-10-6-3-7-23(27)20-32-15-11-29(12-16-32)13-17-33(18-14-29)28(34)26-19-30-24-8-4-5-9-25(24)31-26/h3-10,19,22H,11-18,20-21H2,1-2H3. The van der Waals surface area contributed by atoms with Crippen LogP contribution < -0.4 is 4.74 Å². The highest BCUT2D eigenvalue weighted by Crippen LogP contribution is 2.42. The molecule has 2 aliphatic rings. The minimum atomic E-state index is 0.00791. The Kier molecular flexibility index (Phi) is 7.00. The number of rotatable bonds is 6. The van der Waals surface area contributed by atoms with Gasteiger partial charge in [0.15, 0.2) is 0 Å². The van der Waals surface area contributed by atoms with Crippen molar-refractivity contribution in [2.45, 2.75) is 46.1 Å². The molecule has 5 rings (SSSR count). The number of ether oxygens (including phenoxy) is 1. The van der Waals surface area contributed by atoms with Crippen molar-refractivity contribution in [2.75, 3.05) is 32.8 Å². The van der Waals surface area contributed by atoms with E-state index in [1.165, 1.54) is 18.4 Å². The minimum Gasteiger partial charge on any atom is -0.493 e. The molecule has 0 radical (unpaired) electrons. The maximum absolute atomic E-state index is 13.1. The Bertz CT molecular complexity index is 1160. The third-order valence-electron chi connectivity index (χ3n) is 7.63. The predicted molar refractivity (Wildman–Crippen MR) is 138 cm³/mol. The fraction of sp³-hybridized carbons (Fsp3) is 0.483. The molecule has 0 bridgehead atoms. The molecule has 6 heteroatoms. The molecule has 1 amide bonds. The maximum atomic E-state index is 13.1. The van der Waals surface area contributed by atoms with Crippen molar-refractivity contribution in [2.24, 2.45) is 11.3 Å². The van der Waals surface area contributed by atoms with Crippen LogP contribution in [0.3, 0.4) is 0 Å². The van der Waals surface area contributed by atoms with E-state index in [0.717, 1.165) is 69.0 Å². The van der Waals surface area contributed by atoms with Gasteiger partial charge in [0.25, 0.3) is 5.91 Å². The van der Waals surface area contributed by atoms with E-state index in [0.29, 0.717) is 17.0 Å². The third kappa shape index (κ3) is 5.48. The first-order valence-corrected chi connectivity index (χ1v) is 13.0. The van der Waals surface area contributed by atoms with E-state index in [1.54, 1.807) is 6.20 Å². The van der Waals surface area contributed by atoms with Crippen molar-refractivity contribution in [3.63, 3.8) is 0 Å². The lowest BCUT2D eigenvalue weighted by Gasteiger charge is -2.47.